The molecule has 0 atom stereocenters. The molecule has 1 aliphatic heterocycles. The van der Waals surface area contributed by atoms with Crippen molar-refractivity contribution in [2.75, 3.05) is 32.1 Å². The van der Waals surface area contributed by atoms with Crippen LogP contribution < -0.4 is 4.90 Å². The van der Waals surface area contributed by atoms with Gasteiger partial charge in [0, 0.05) is 40.9 Å². The number of nitrogens with zero attached hydrogens (tertiary/aromatic N) is 5. The van der Waals surface area contributed by atoms with Crippen molar-refractivity contribution in [3.8, 4) is 11.3 Å². The summed E-state index contributed by atoms with van der Waals surface area (Å²) in [4.78, 5) is 10.4. The summed E-state index contributed by atoms with van der Waals surface area (Å²) in [6, 6.07) is 9.49. The number of aromatic nitrogens is 5. The maximum absolute atomic E-state index is 5.48. The predicted octanol–water partition coefficient (Wildman–Crippen LogP) is 5.06. The van der Waals surface area contributed by atoms with Crippen LogP contribution in [0.25, 0.3) is 44.0 Å². The number of rotatable bonds is 3. The lowest BCUT2D eigenvalue weighted by atomic mass is 9.85. The molecule has 178 valence electrons. The van der Waals surface area contributed by atoms with Crippen molar-refractivity contribution in [3.63, 3.8) is 0 Å². The molecule has 5 aromatic rings. The third kappa shape index (κ3) is 3.32. The van der Waals surface area contributed by atoms with E-state index < -0.39 is 0 Å². The summed E-state index contributed by atoms with van der Waals surface area (Å²) in [6.07, 6.45) is 10.9. The van der Waals surface area contributed by atoms with E-state index in [9.17, 15) is 0 Å². The van der Waals surface area contributed by atoms with Crippen molar-refractivity contribution in [1.82, 2.24) is 30.3 Å². The maximum Gasteiger partial charge on any atom is 0.0954 e. The predicted molar refractivity (Wildman–Crippen MR) is 142 cm³/mol. The molecular weight excluding hydrogens is 434 g/mol. The lowest BCUT2D eigenvalue weighted by Crippen LogP contribution is -2.42. The molecule has 0 saturated carbocycles. The molecule has 4 heterocycles. The molecule has 1 fully saturated rings. The van der Waals surface area contributed by atoms with E-state index in [1.807, 2.05) is 12.4 Å². The lowest BCUT2D eigenvalue weighted by Gasteiger charge is -2.37. The summed E-state index contributed by atoms with van der Waals surface area (Å²) < 4.78 is 0. The van der Waals surface area contributed by atoms with Gasteiger partial charge in [0.15, 0.2) is 0 Å². The van der Waals surface area contributed by atoms with Crippen LogP contribution in [0.4, 0.5) is 5.69 Å². The Kier molecular flexibility index (Phi) is 4.81. The fraction of sp³-hybridized carbons (Fsp3) is 0.393. The van der Waals surface area contributed by atoms with Gasteiger partial charge >= 0.3 is 0 Å². The first-order valence-electron chi connectivity index (χ1n) is 12.8. The third-order valence-corrected chi connectivity index (χ3v) is 8.23. The number of hydrogen-bond donors (Lipinski definition) is 2. The number of anilines is 1. The molecule has 7 rings (SSSR count). The molecule has 3 aromatic heterocycles. The Bertz CT molecular complexity index is 1550. The van der Waals surface area contributed by atoms with Gasteiger partial charge in [-0.3, -0.25) is 10.2 Å². The average Bonchev–Trinajstić information content (AvgIpc) is 3.56. The number of aryl methyl sites for hydroxylation is 1. The Morgan fingerprint density at radius 2 is 1.69 bits per heavy atom. The van der Waals surface area contributed by atoms with Crippen molar-refractivity contribution in [3.05, 3.63) is 47.8 Å². The first-order valence-corrected chi connectivity index (χ1v) is 12.8. The van der Waals surface area contributed by atoms with E-state index in [2.05, 4.69) is 68.6 Å². The molecule has 7 heteroatoms. The summed E-state index contributed by atoms with van der Waals surface area (Å²) in [5.41, 5.74) is 9.76. The molecule has 2 N–H and O–H groups in total. The molecular formula is C28H31N7. The molecule has 0 spiro atoms. The van der Waals surface area contributed by atoms with E-state index in [-0.39, 0.29) is 0 Å². The van der Waals surface area contributed by atoms with Gasteiger partial charge in [0.2, 0.25) is 0 Å². The first kappa shape index (κ1) is 20.9. The molecule has 2 aliphatic rings. The van der Waals surface area contributed by atoms with Crippen LogP contribution in [0.2, 0.25) is 0 Å². The normalized spacial score (nSPS) is 17.2. The Balaban J connectivity index is 1.47. The number of piperidine rings is 1. The number of pyridine rings is 1. The fourth-order valence-corrected chi connectivity index (χ4v) is 6.30. The second-order valence-corrected chi connectivity index (χ2v) is 10.4. The lowest BCUT2D eigenvalue weighted by molar-refractivity contribution is 0.250. The summed E-state index contributed by atoms with van der Waals surface area (Å²) in [6.45, 7) is 2.10. The van der Waals surface area contributed by atoms with Crippen LogP contribution in [0, 0.1) is 0 Å². The monoisotopic (exact) mass is 465 g/mol. The van der Waals surface area contributed by atoms with Crippen molar-refractivity contribution in [1.29, 1.82) is 0 Å². The van der Waals surface area contributed by atoms with E-state index in [4.69, 9.17) is 4.98 Å². The summed E-state index contributed by atoms with van der Waals surface area (Å²) in [5.74, 6) is 0. The standard InChI is InChI=1S/C28H31N7/c1-34(2)19-9-11-35(12-10-19)25-14-24-22(16-30-33-24)26-20-5-3-4-6-21(20)27(31-28(25)26)17-7-8-23-18(13-17)15-29-32-23/h7-8,13-16,19H,3-6,9-12H2,1-2H3,(H,29,32)(H,30,33). The van der Waals surface area contributed by atoms with Gasteiger partial charge in [-0.05, 0) is 81.9 Å². The highest BCUT2D eigenvalue weighted by molar-refractivity contribution is 6.13. The number of H-pyrrole nitrogens is 2. The zero-order valence-corrected chi connectivity index (χ0v) is 20.4. The number of fused-ring (bicyclic) bond motifs is 6. The molecule has 0 radical (unpaired) electrons. The van der Waals surface area contributed by atoms with Crippen molar-refractivity contribution < 1.29 is 0 Å². The molecule has 0 amide bonds. The highest BCUT2D eigenvalue weighted by atomic mass is 15.2. The highest BCUT2D eigenvalue weighted by Gasteiger charge is 2.27. The number of benzene rings is 2. The molecule has 1 aliphatic carbocycles. The van der Waals surface area contributed by atoms with Crippen LogP contribution in [0.15, 0.2) is 36.7 Å². The number of nitrogens with one attached hydrogen (secondary N) is 2. The molecule has 35 heavy (non-hydrogen) atoms. The second-order valence-electron chi connectivity index (χ2n) is 10.4. The van der Waals surface area contributed by atoms with Gasteiger partial charge < -0.3 is 9.80 Å². The van der Waals surface area contributed by atoms with E-state index in [0.717, 1.165) is 53.6 Å². The van der Waals surface area contributed by atoms with Gasteiger partial charge in [0.05, 0.1) is 40.3 Å². The minimum atomic E-state index is 0.645. The van der Waals surface area contributed by atoms with Crippen LogP contribution in [-0.4, -0.2) is 63.5 Å². The van der Waals surface area contributed by atoms with Gasteiger partial charge in [-0.15, -0.1) is 0 Å². The number of aromatic amines is 2. The Hall–Kier alpha value is -3.45. The van der Waals surface area contributed by atoms with Crippen LogP contribution in [0.1, 0.15) is 36.8 Å². The van der Waals surface area contributed by atoms with Crippen molar-refractivity contribution >= 4 is 38.4 Å². The van der Waals surface area contributed by atoms with Crippen molar-refractivity contribution in [2.24, 2.45) is 0 Å². The maximum atomic E-state index is 5.48. The third-order valence-electron chi connectivity index (χ3n) is 8.23. The Morgan fingerprint density at radius 1 is 0.914 bits per heavy atom. The smallest absolute Gasteiger partial charge is 0.0954 e. The van der Waals surface area contributed by atoms with Gasteiger partial charge in [-0.2, -0.15) is 10.2 Å². The summed E-state index contributed by atoms with van der Waals surface area (Å²) in [7, 11) is 4.40. The minimum Gasteiger partial charge on any atom is -0.370 e. The summed E-state index contributed by atoms with van der Waals surface area (Å²) in [5, 5.41) is 18.7. The largest absolute Gasteiger partial charge is 0.370 e. The molecule has 1 saturated heterocycles. The number of hydrogen-bond acceptors (Lipinski definition) is 5. The minimum absolute atomic E-state index is 0.645. The van der Waals surface area contributed by atoms with E-state index >= 15 is 0 Å². The van der Waals surface area contributed by atoms with E-state index in [0.29, 0.717) is 6.04 Å². The Morgan fingerprint density at radius 3 is 2.51 bits per heavy atom. The van der Waals surface area contributed by atoms with Crippen LogP contribution >= 0.6 is 0 Å². The molecule has 0 unspecified atom stereocenters. The average molecular weight is 466 g/mol. The van der Waals surface area contributed by atoms with E-state index in [1.54, 1.807) is 0 Å². The highest BCUT2D eigenvalue weighted by Crippen LogP contribution is 2.42. The van der Waals surface area contributed by atoms with Gasteiger partial charge in [-0.1, -0.05) is 6.07 Å². The molecule has 2 aromatic carbocycles. The Labute approximate surface area is 204 Å². The van der Waals surface area contributed by atoms with Gasteiger partial charge in [0.1, 0.15) is 0 Å². The second kappa shape index (κ2) is 8.05. The van der Waals surface area contributed by atoms with Crippen LogP contribution in [-0.2, 0) is 12.8 Å². The van der Waals surface area contributed by atoms with Gasteiger partial charge in [0.25, 0.3) is 0 Å². The van der Waals surface area contributed by atoms with Gasteiger partial charge in [-0.25, -0.2) is 4.98 Å². The quantitative estimate of drug-likeness (QED) is 0.389. The first-order chi connectivity index (χ1) is 17.2. The SMILES string of the molecule is CN(C)C1CCN(c2cc3[nH]ncc3c3c4c(c(-c5ccc6[nH]ncc6c5)nc23)CCCC4)CC1. The van der Waals surface area contributed by atoms with Crippen molar-refractivity contribution in [2.45, 2.75) is 44.6 Å². The zero-order chi connectivity index (χ0) is 23.5. The fourth-order valence-electron chi connectivity index (χ4n) is 6.30. The molecule has 0 bridgehead atoms. The zero-order valence-electron chi connectivity index (χ0n) is 20.4. The molecule has 7 nitrogen and oxygen atoms in total. The summed E-state index contributed by atoms with van der Waals surface area (Å²) >= 11 is 0. The van der Waals surface area contributed by atoms with Crippen LogP contribution in [0.3, 0.4) is 0 Å². The van der Waals surface area contributed by atoms with E-state index in [1.165, 1.54) is 58.8 Å². The van der Waals surface area contributed by atoms with Crippen LogP contribution in [0.5, 0.6) is 0 Å². The topological polar surface area (TPSA) is 76.7 Å².